The van der Waals surface area contributed by atoms with Crippen molar-refractivity contribution in [2.75, 3.05) is 6.61 Å². The van der Waals surface area contributed by atoms with Crippen LogP contribution in [0.1, 0.15) is 6.42 Å². The summed E-state index contributed by atoms with van der Waals surface area (Å²) in [5, 5.41) is 8.67. The number of hydrogen-bond acceptors (Lipinski definition) is 2. The van der Waals surface area contributed by atoms with Gasteiger partial charge in [0, 0.05) is 13.0 Å². The molecule has 0 spiro atoms. The molecule has 0 aromatic rings. The molecule has 2 nitrogen and oxygen atoms in total. The number of epoxide rings is 1. The van der Waals surface area contributed by atoms with E-state index < -0.39 is 0 Å². The molecule has 0 saturated carbocycles. The molecule has 0 bridgehead atoms. The van der Waals surface area contributed by atoms with Gasteiger partial charge in [-0.1, -0.05) is 18.2 Å². The van der Waals surface area contributed by atoms with E-state index in [-0.39, 0.29) is 18.3 Å². The largest absolute Gasteiger partial charge is 0.396 e. The Bertz CT molecular complexity index is 195. The Hall–Kier alpha value is -0.600. The Balaban J connectivity index is 2.08. The molecule has 1 aliphatic heterocycles. The van der Waals surface area contributed by atoms with Crippen molar-refractivity contribution in [1.29, 1.82) is 0 Å². The van der Waals surface area contributed by atoms with Crippen LogP contribution in [0.2, 0.25) is 0 Å². The normalized spacial score (nSPS) is 41.5. The third-order valence-electron chi connectivity index (χ3n) is 2.05. The summed E-state index contributed by atoms with van der Waals surface area (Å²) in [7, 11) is 0. The van der Waals surface area contributed by atoms with Gasteiger partial charge in [-0.25, -0.2) is 0 Å². The Morgan fingerprint density at radius 3 is 3.10 bits per heavy atom. The molecule has 2 rings (SSSR count). The van der Waals surface area contributed by atoms with E-state index in [2.05, 4.69) is 0 Å². The smallest absolute Gasteiger partial charge is 0.119 e. The van der Waals surface area contributed by atoms with Gasteiger partial charge in [0.2, 0.25) is 0 Å². The third-order valence-corrected chi connectivity index (χ3v) is 2.05. The number of fused-ring (bicyclic) bond motifs is 1. The minimum Gasteiger partial charge on any atom is -0.396 e. The molecule has 0 aromatic carbocycles. The maximum atomic E-state index is 8.67. The van der Waals surface area contributed by atoms with Crippen LogP contribution in [0.25, 0.3) is 0 Å². The molecule has 54 valence electrons. The van der Waals surface area contributed by atoms with Crippen LogP contribution in [0.4, 0.5) is 0 Å². The van der Waals surface area contributed by atoms with Crippen molar-refractivity contribution in [2.24, 2.45) is 0 Å². The first-order chi connectivity index (χ1) is 4.87. The molecular formula is C8H10O2. The van der Waals surface area contributed by atoms with E-state index in [0.717, 1.165) is 6.42 Å². The second-order valence-electron chi connectivity index (χ2n) is 2.71. The lowest BCUT2D eigenvalue weighted by atomic mass is 9.98. The molecule has 1 aliphatic carbocycles. The summed E-state index contributed by atoms with van der Waals surface area (Å²) in [6.07, 6.45) is 8.96. The number of aliphatic hydroxyl groups is 1. The van der Waals surface area contributed by atoms with Crippen LogP contribution in [0, 0.1) is 0 Å². The number of aliphatic hydroxyl groups excluding tert-OH is 1. The number of ether oxygens (including phenoxy) is 1. The van der Waals surface area contributed by atoms with Crippen LogP contribution in [-0.4, -0.2) is 23.4 Å². The molecule has 10 heavy (non-hydrogen) atoms. The van der Waals surface area contributed by atoms with Crippen LogP contribution in [-0.2, 0) is 4.74 Å². The highest BCUT2D eigenvalue weighted by molar-refractivity contribution is 5.31. The lowest BCUT2D eigenvalue weighted by Crippen LogP contribution is -2.14. The van der Waals surface area contributed by atoms with Gasteiger partial charge in [0.15, 0.2) is 0 Å². The van der Waals surface area contributed by atoms with Crippen molar-refractivity contribution in [1.82, 2.24) is 0 Å². The zero-order valence-electron chi connectivity index (χ0n) is 5.66. The first kappa shape index (κ1) is 6.13. The number of allylic oxidation sites excluding steroid dienone is 2. The fourth-order valence-corrected chi connectivity index (χ4v) is 1.38. The molecule has 2 unspecified atom stereocenters. The Morgan fingerprint density at radius 1 is 1.50 bits per heavy atom. The average Bonchev–Trinajstić information content (AvgIpc) is 2.62. The van der Waals surface area contributed by atoms with Gasteiger partial charge in [0.25, 0.3) is 0 Å². The van der Waals surface area contributed by atoms with E-state index in [0.29, 0.717) is 0 Å². The molecule has 1 fully saturated rings. The Morgan fingerprint density at radius 2 is 2.40 bits per heavy atom. The van der Waals surface area contributed by atoms with Gasteiger partial charge in [-0.2, -0.15) is 0 Å². The minimum atomic E-state index is -0.122. The molecule has 0 aromatic heterocycles. The fourth-order valence-electron chi connectivity index (χ4n) is 1.38. The number of hydrogen-bond donors (Lipinski definition) is 1. The van der Waals surface area contributed by atoms with Crippen molar-refractivity contribution in [3.63, 3.8) is 0 Å². The minimum absolute atomic E-state index is 0.122. The molecule has 0 amide bonds. The highest BCUT2D eigenvalue weighted by atomic mass is 16.6. The van der Waals surface area contributed by atoms with E-state index in [1.165, 1.54) is 0 Å². The van der Waals surface area contributed by atoms with E-state index in [1.54, 1.807) is 0 Å². The SMILES string of the molecule is OCCC12C=CC=CC1O2. The van der Waals surface area contributed by atoms with Gasteiger partial charge in [0.05, 0.1) is 0 Å². The second-order valence-corrected chi connectivity index (χ2v) is 2.71. The van der Waals surface area contributed by atoms with Crippen molar-refractivity contribution in [2.45, 2.75) is 18.1 Å². The van der Waals surface area contributed by atoms with Crippen LogP contribution in [0.15, 0.2) is 24.3 Å². The van der Waals surface area contributed by atoms with Gasteiger partial charge >= 0.3 is 0 Å². The monoisotopic (exact) mass is 138 g/mol. The molecular weight excluding hydrogens is 128 g/mol. The Kier molecular flexibility index (Phi) is 1.19. The van der Waals surface area contributed by atoms with Gasteiger partial charge in [-0.15, -0.1) is 0 Å². The summed E-state index contributed by atoms with van der Waals surface area (Å²) in [4.78, 5) is 0. The predicted octanol–water partition coefficient (Wildman–Crippen LogP) is 0.632. The summed E-state index contributed by atoms with van der Waals surface area (Å²) in [6, 6.07) is 0. The van der Waals surface area contributed by atoms with E-state index in [4.69, 9.17) is 9.84 Å². The van der Waals surface area contributed by atoms with Gasteiger partial charge in [0.1, 0.15) is 11.7 Å². The molecule has 0 radical (unpaired) electrons. The van der Waals surface area contributed by atoms with Crippen molar-refractivity contribution in [3.05, 3.63) is 24.3 Å². The van der Waals surface area contributed by atoms with E-state index in [1.807, 2.05) is 24.3 Å². The topological polar surface area (TPSA) is 32.8 Å². The first-order valence-electron chi connectivity index (χ1n) is 3.52. The summed E-state index contributed by atoms with van der Waals surface area (Å²) in [5.41, 5.74) is -0.122. The number of rotatable bonds is 2. The second kappa shape index (κ2) is 1.94. The van der Waals surface area contributed by atoms with Crippen LogP contribution < -0.4 is 0 Å². The first-order valence-corrected chi connectivity index (χ1v) is 3.52. The highest BCUT2D eigenvalue weighted by Gasteiger charge is 2.52. The molecule has 1 saturated heterocycles. The quantitative estimate of drug-likeness (QED) is 0.568. The van der Waals surface area contributed by atoms with Gasteiger partial charge in [-0.3, -0.25) is 0 Å². The van der Waals surface area contributed by atoms with E-state index in [9.17, 15) is 0 Å². The van der Waals surface area contributed by atoms with Crippen LogP contribution in [0.5, 0.6) is 0 Å². The molecule has 2 aliphatic rings. The molecule has 2 atom stereocenters. The third kappa shape index (κ3) is 0.728. The zero-order valence-corrected chi connectivity index (χ0v) is 5.66. The van der Waals surface area contributed by atoms with Gasteiger partial charge < -0.3 is 9.84 Å². The lowest BCUT2D eigenvalue weighted by Gasteiger charge is -2.04. The van der Waals surface area contributed by atoms with E-state index >= 15 is 0 Å². The van der Waals surface area contributed by atoms with Crippen LogP contribution >= 0.6 is 0 Å². The predicted molar refractivity (Wildman–Crippen MR) is 37.6 cm³/mol. The highest BCUT2D eigenvalue weighted by Crippen LogP contribution is 2.43. The lowest BCUT2D eigenvalue weighted by molar-refractivity contribution is 0.237. The van der Waals surface area contributed by atoms with Crippen molar-refractivity contribution < 1.29 is 9.84 Å². The van der Waals surface area contributed by atoms with Gasteiger partial charge in [-0.05, 0) is 6.08 Å². The summed E-state index contributed by atoms with van der Waals surface area (Å²) in [6.45, 7) is 0.203. The zero-order chi connectivity index (χ0) is 7.03. The van der Waals surface area contributed by atoms with Crippen LogP contribution in [0.3, 0.4) is 0 Å². The molecule has 1 N–H and O–H groups in total. The summed E-state index contributed by atoms with van der Waals surface area (Å²) >= 11 is 0. The van der Waals surface area contributed by atoms with Crippen molar-refractivity contribution in [3.8, 4) is 0 Å². The Labute approximate surface area is 59.8 Å². The summed E-state index contributed by atoms with van der Waals surface area (Å²) < 4.78 is 5.37. The average molecular weight is 138 g/mol. The molecule has 2 heteroatoms. The molecule has 1 heterocycles. The van der Waals surface area contributed by atoms with Crippen molar-refractivity contribution >= 4 is 0 Å². The fraction of sp³-hybridized carbons (Fsp3) is 0.500. The maximum Gasteiger partial charge on any atom is 0.119 e. The standard InChI is InChI=1S/C8H10O2/c9-6-5-8-4-2-1-3-7(8)10-8/h1-4,7,9H,5-6H2. The summed E-state index contributed by atoms with van der Waals surface area (Å²) in [5.74, 6) is 0. The maximum absolute atomic E-state index is 8.67.